The molecule has 0 atom stereocenters. The van der Waals surface area contributed by atoms with Crippen LogP contribution in [0.3, 0.4) is 0 Å². The van der Waals surface area contributed by atoms with Gasteiger partial charge in [-0.25, -0.2) is 4.79 Å². The number of anilines is 3. The zero-order chi connectivity index (χ0) is 24.0. The molecule has 0 unspecified atom stereocenters. The zero-order valence-corrected chi connectivity index (χ0v) is 20.2. The Morgan fingerprint density at radius 1 is 1.00 bits per heavy atom. The molecule has 0 radical (unpaired) electrons. The molecule has 0 aromatic heterocycles. The number of benzene rings is 2. The van der Waals surface area contributed by atoms with Crippen LogP contribution >= 0.6 is 0 Å². The molecule has 0 bridgehead atoms. The van der Waals surface area contributed by atoms with Crippen LogP contribution in [0, 0.1) is 5.92 Å². The number of urea groups is 1. The minimum atomic E-state index is -0.235. The highest BCUT2D eigenvalue weighted by Crippen LogP contribution is 2.31. The molecule has 2 N–H and O–H groups in total. The van der Waals surface area contributed by atoms with Gasteiger partial charge in [0.05, 0.1) is 18.4 Å². The predicted octanol–water partition coefficient (Wildman–Crippen LogP) is 3.50. The van der Waals surface area contributed by atoms with E-state index >= 15 is 0 Å². The molecule has 1 heterocycles. The van der Waals surface area contributed by atoms with Crippen molar-refractivity contribution in [3.63, 3.8) is 0 Å². The maximum absolute atomic E-state index is 13.1. The van der Waals surface area contributed by atoms with E-state index in [0.717, 1.165) is 43.3 Å². The fraction of sp³-hybridized carbons (Fsp3) is 0.440. The second kappa shape index (κ2) is 10.9. The lowest BCUT2D eigenvalue weighted by molar-refractivity contribution is 0.0949. The van der Waals surface area contributed by atoms with E-state index < -0.39 is 0 Å². The van der Waals surface area contributed by atoms with Crippen molar-refractivity contribution in [2.75, 3.05) is 69.0 Å². The first-order valence-electron chi connectivity index (χ1n) is 11.3. The van der Waals surface area contributed by atoms with Crippen molar-refractivity contribution in [3.05, 3.63) is 48.0 Å². The van der Waals surface area contributed by atoms with E-state index in [2.05, 4.69) is 40.3 Å². The van der Waals surface area contributed by atoms with Gasteiger partial charge in [-0.2, -0.15) is 0 Å². The van der Waals surface area contributed by atoms with Crippen LogP contribution in [0.25, 0.3) is 0 Å². The first-order valence-corrected chi connectivity index (χ1v) is 11.3. The van der Waals surface area contributed by atoms with Crippen LogP contribution in [0.2, 0.25) is 0 Å². The lowest BCUT2D eigenvalue weighted by Gasteiger charge is -2.38. The van der Waals surface area contributed by atoms with Gasteiger partial charge in [-0.3, -0.25) is 4.79 Å². The average Bonchev–Trinajstić information content (AvgIpc) is 2.82. The molecule has 8 heteroatoms. The maximum atomic E-state index is 13.1. The molecule has 178 valence electrons. The Balaban J connectivity index is 1.81. The van der Waals surface area contributed by atoms with Gasteiger partial charge in [0.1, 0.15) is 5.75 Å². The summed E-state index contributed by atoms with van der Waals surface area (Å²) >= 11 is 0. The largest absolute Gasteiger partial charge is 0.495 e. The molecule has 3 rings (SSSR count). The van der Waals surface area contributed by atoms with Gasteiger partial charge in [-0.1, -0.05) is 26.0 Å². The number of hydrogen-bond acceptors (Lipinski definition) is 5. The number of carbonyl (C=O) groups excluding carboxylic acids is 2. The Hall–Kier alpha value is -3.42. The van der Waals surface area contributed by atoms with Crippen LogP contribution in [-0.4, -0.2) is 70.8 Å². The van der Waals surface area contributed by atoms with Crippen molar-refractivity contribution in [1.82, 2.24) is 10.2 Å². The summed E-state index contributed by atoms with van der Waals surface area (Å²) in [6, 6.07) is 13.3. The third-order valence-electron chi connectivity index (χ3n) is 5.62. The Bertz CT molecular complexity index is 968. The molecule has 1 fully saturated rings. The number of methoxy groups -OCH3 is 1. The number of carbonyl (C=O) groups is 2. The quantitative estimate of drug-likeness (QED) is 0.671. The molecule has 0 spiro atoms. The van der Waals surface area contributed by atoms with E-state index in [1.54, 1.807) is 27.3 Å². The average molecular weight is 454 g/mol. The van der Waals surface area contributed by atoms with Gasteiger partial charge in [0, 0.05) is 58.2 Å². The molecule has 3 amide bonds. The van der Waals surface area contributed by atoms with Crippen molar-refractivity contribution in [1.29, 1.82) is 0 Å². The van der Waals surface area contributed by atoms with Crippen molar-refractivity contribution < 1.29 is 14.3 Å². The summed E-state index contributed by atoms with van der Waals surface area (Å²) in [5.41, 5.74) is 3.12. The Morgan fingerprint density at radius 3 is 2.24 bits per heavy atom. The minimum absolute atomic E-state index is 0.133. The lowest BCUT2D eigenvalue weighted by Crippen LogP contribution is -2.47. The molecule has 0 saturated carbocycles. The SMILES string of the molecule is COc1ccccc1N1CCN(c2ccc(NC(=O)N(C)C)cc2C(=O)NCC(C)C)CC1. The number of amides is 3. The molecule has 1 saturated heterocycles. The number of nitrogens with zero attached hydrogens (tertiary/aromatic N) is 3. The number of ether oxygens (including phenoxy) is 1. The van der Waals surface area contributed by atoms with Crippen molar-refractivity contribution >= 4 is 29.0 Å². The number of hydrogen-bond donors (Lipinski definition) is 2. The van der Waals surface area contributed by atoms with E-state index in [-0.39, 0.29) is 11.9 Å². The van der Waals surface area contributed by atoms with E-state index in [4.69, 9.17) is 4.74 Å². The lowest BCUT2D eigenvalue weighted by atomic mass is 10.1. The highest BCUT2D eigenvalue weighted by molar-refractivity contribution is 6.02. The van der Waals surface area contributed by atoms with Gasteiger partial charge in [0.2, 0.25) is 0 Å². The second-order valence-electron chi connectivity index (χ2n) is 8.81. The van der Waals surface area contributed by atoms with Crippen LogP contribution in [0.5, 0.6) is 5.75 Å². The Morgan fingerprint density at radius 2 is 1.64 bits per heavy atom. The fourth-order valence-electron chi connectivity index (χ4n) is 3.78. The first-order chi connectivity index (χ1) is 15.8. The number of rotatable bonds is 7. The van der Waals surface area contributed by atoms with Gasteiger partial charge in [0.15, 0.2) is 0 Å². The van der Waals surface area contributed by atoms with Crippen molar-refractivity contribution in [2.45, 2.75) is 13.8 Å². The van der Waals surface area contributed by atoms with Gasteiger partial charge in [0.25, 0.3) is 5.91 Å². The molecule has 33 heavy (non-hydrogen) atoms. The third-order valence-corrected chi connectivity index (χ3v) is 5.62. The number of piperazine rings is 1. The van der Waals surface area contributed by atoms with Crippen LogP contribution in [-0.2, 0) is 0 Å². The second-order valence-corrected chi connectivity index (χ2v) is 8.81. The Labute approximate surface area is 196 Å². The van der Waals surface area contributed by atoms with Crippen LogP contribution < -0.4 is 25.2 Å². The minimum Gasteiger partial charge on any atom is -0.495 e. The molecule has 8 nitrogen and oxygen atoms in total. The molecule has 1 aliphatic heterocycles. The molecule has 2 aromatic carbocycles. The molecule has 1 aliphatic rings. The Kier molecular flexibility index (Phi) is 8.03. The summed E-state index contributed by atoms with van der Waals surface area (Å²) in [4.78, 5) is 31.2. The normalized spacial score (nSPS) is 13.6. The van der Waals surface area contributed by atoms with Crippen molar-refractivity contribution in [3.8, 4) is 5.75 Å². The molecular formula is C25H35N5O3. The van der Waals surface area contributed by atoms with E-state index in [1.807, 2.05) is 30.3 Å². The van der Waals surface area contributed by atoms with Gasteiger partial charge in [-0.15, -0.1) is 0 Å². The fourth-order valence-corrected chi connectivity index (χ4v) is 3.78. The highest BCUT2D eigenvalue weighted by Gasteiger charge is 2.24. The molecule has 2 aromatic rings. The monoisotopic (exact) mass is 453 g/mol. The predicted molar refractivity (Wildman–Crippen MR) is 134 cm³/mol. The standard InChI is InChI=1S/C25H35N5O3/c1-18(2)17-26-24(31)20-16-19(27-25(32)28(3)4)10-11-21(20)29-12-14-30(15-13-29)22-8-6-7-9-23(22)33-5/h6-11,16,18H,12-15,17H2,1-5H3,(H,26,31)(H,27,32). The highest BCUT2D eigenvalue weighted by atomic mass is 16.5. The summed E-state index contributed by atoms with van der Waals surface area (Å²) in [7, 11) is 5.05. The summed E-state index contributed by atoms with van der Waals surface area (Å²) in [5.74, 6) is 1.07. The number of nitrogens with one attached hydrogen (secondary N) is 2. The van der Waals surface area contributed by atoms with E-state index in [0.29, 0.717) is 23.7 Å². The van der Waals surface area contributed by atoms with Gasteiger partial charge in [-0.05, 0) is 36.2 Å². The van der Waals surface area contributed by atoms with Gasteiger partial charge < -0.3 is 30.1 Å². The van der Waals surface area contributed by atoms with Crippen LogP contribution in [0.1, 0.15) is 24.2 Å². The van der Waals surface area contributed by atoms with E-state index in [9.17, 15) is 9.59 Å². The van der Waals surface area contributed by atoms with Crippen LogP contribution in [0.4, 0.5) is 21.9 Å². The molecule has 0 aliphatic carbocycles. The smallest absolute Gasteiger partial charge is 0.321 e. The topological polar surface area (TPSA) is 77.2 Å². The van der Waals surface area contributed by atoms with Crippen LogP contribution in [0.15, 0.2) is 42.5 Å². The third kappa shape index (κ3) is 6.09. The zero-order valence-electron chi connectivity index (χ0n) is 20.2. The van der Waals surface area contributed by atoms with Gasteiger partial charge >= 0.3 is 6.03 Å². The van der Waals surface area contributed by atoms with E-state index in [1.165, 1.54) is 4.90 Å². The molecular weight excluding hydrogens is 418 g/mol. The maximum Gasteiger partial charge on any atom is 0.321 e. The number of para-hydroxylation sites is 2. The summed E-state index contributed by atoms with van der Waals surface area (Å²) in [6.45, 7) is 7.88. The van der Waals surface area contributed by atoms with Crippen molar-refractivity contribution in [2.24, 2.45) is 5.92 Å². The first kappa shape index (κ1) is 24.2. The summed E-state index contributed by atoms with van der Waals surface area (Å²) < 4.78 is 5.52. The summed E-state index contributed by atoms with van der Waals surface area (Å²) in [5, 5.41) is 5.85. The summed E-state index contributed by atoms with van der Waals surface area (Å²) in [6.07, 6.45) is 0.